The summed E-state index contributed by atoms with van der Waals surface area (Å²) in [5.74, 6) is -2.08. The number of benzene rings is 1. The predicted molar refractivity (Wildman–Crippen MR) is 88.3 cm³/mol. The number of likely N-dealkylation sites (N-methyl/N-ethyl adjacent to an activating group) is 1. The summed E-state index contributed by atoms with van der Waals surface area (Å²) in [6.45, 7) is 3.96. The van der Waals surface area contributed by atoms with Crippen LogP contribution in [0.3, 0.4) is 0 Å². The zero-order valence-electron chi connectivity index (χ0n) is 13.9. The van der Waals surface area contributed by atoms with Gasteiger partial charge in [-0.1, -0.05) is 18.2 Å². The van der Waals surface area contributed by atoms with Gasteiger partial charge in [0.2, 0.25) is 0 Å². The Morgan fingerprint density at radius 3 is 2.79 bits per heavy atom. The van der Waals surface area contributed by atoms with Gasteiger partial charge in [-0.2, -0.15) is 0 Å². The molecular formula is C18H20N2O4. The highest BCUT2D eigenvalue weighted by Gasteiger charge is 2.44. The molecule has 2 aliphatic heterocycles. The summed E-state index contributed by atoms with van der Waals surface area (Å²) in [7, 11) is 1.92. The fraction of sp³-hybridized carbons (Fsp3) is 0.389. The lowest BCUT2D eigenvalue weighted by molar-refractivity contribution is -0.223. The maximum atomic E-state index is 12.5. The Kier molecular flexibility index (Phi) is 3.15. The van der Waals surface area contributed by atoms with E-state index in [1.54, 1.807) is 13.8 Å². The predicted octanol–water partition coefficient (Wildman–Crippen LogP) is 2.78. The fourth-order valence-corrected chi connectivity index (χ4v) is 3.63. The number of fused-ring (bicyclic) bond motifs is 3. The van der Waals surface area contributed by atoms with Gasteiger partial charge in [-0.15, -0.1) is 0 Å². The molecule has 1 aromatic carbocycles. The topological polar surface area (TPSA) is 74.8 Å². The Bertz CT molecular complexity index is 865. The van der Waals surface area contributed by atoms with Crippen molar-refractivity contribution in [3.05, 3.63) is 47.0 Å². The van der Waals surface area contributed by atoms with Gasteiger partial charge in [-0.05, 0) is 25.1 Å². The van der Waals surface area contributed by atoms with E-state index in [1.165, 1.54) is 5.56 Å². The number of ether oxygens (including phenoxy) is 2. The Morgan fingerprint density at radius 2 is 2.04 bits per heavy atom. The van der Waals surface area contributed by atoms with Crippen LogP contribution in [-0.2, 0) is 20.7 Å². The van der Waals surface area contributed by atoms with Crippen LogP contribution < -0.4 is 0 Å². The number of nitrogens with zero attached hydrogens (tertiary/aromatic N) is 1. The molecular weight excluding hydrogens is 308 g/mol. The number of carbonyl (C=O) groups excluding carboxylic acids is 1. The second kappa shape index (κ2) is 5.01. The van der Waals surface area contributed by atoms with Crippen LogP contribution in [0, 0.1) is 0 Å². The first-order chi connectivity index (χ1) is 11.4. The van der Waals surface area contributed by atoms with Gasteiger partial charge in [0.25, 0.3) is 11.7 Å². The number of rotatable bonds is 1. The number of aromatic amines is 1. The van der Waals surface area contributed by atoms with Crippen molar-refractivity contribution in [2.24, 2.45) is 0 Å². The molecule has 0 saturated heterocycles. The van der Waals surface area contributed by atoms with E-state index in [2.05, 4.69) is 11.1 Å². The summed E-state index contributed by atoms with van der Waals surface area (Å²) >= 11 is 0. The van der Waals surface area contributed by atoms with Crippen LogP contribution in [0.25, 0.3) is 10.9 Å². The first-order valence-corrected chi connectivity index (χ1v) is 8.02. The van der Waals surface area contributed by atoms with Crippen molar-refractivity contribution in [1.82, 2.24) is 9.88 Å². The minimum atomic E-state index is -1.17. The number of cyclic esters (lactones) is 1. The minimum Gasteiger partial charge on any atom is -0.480 e. The second-order valence-corrected chi connectivity index (χ2v) is 6.81. The number of carbonyl (C=O) groups is 1. The van der Waals surface area contributed by atoms with Crippen LogP contribution in [0.5, 0.6) is 0 Å². The average molecular weight is 328 g/mol. The number of nitrogens with one attached hydrogen (secondary N) is 1. The number of hydrogen-bond donors (Lipinski definition) is 2. The molecule has 24 heavy (non-hydrogen) atoms. The van der Waals surface area contributed by atoms with E-state index in [-0.39, 0.29) is 11.5 Å². The van der Waals surface area contributed by atoms with E-state index in [1.807, 2.05) is 30.1 Å². The molecule has 0 radical (unpaired) electrons. The number of aliphatic hydroxyl groups excluding tert-OH is 1. The summed E-state index contributed by atoms with van der Waals surface area (Å²) in [4.78, 5) is 18.0. The number of esters is 1. The van der Waals surface area contributed by atoms with Crippen molar-refractivity contribution >= 4 is 16.9 Å². The van der Waals surface area contributed by atoms with E-state index < -0.39 is 17.8 Å². The molecule has 3 heterocycles. The number of aromatic nitrogens is 1. The van der Waals surface area contributed by atoms with Crippen molar-refractivity contribution < 1.29 is 19.4 Å². The molecule has 6 heteroatoms. The minimum absolute atomic E-state index is 0.143. The van der Waals surface area contributed by atoms with Gasteiger partial charge in [-0.3, -0.25) is 4.90 Å². The Balaban J connectivity index is 1.89. The quantitative estimate of drug-likeness (QED) is 0.787. The number of aliphatic hydroxyl groups is 1. The molecule has 1 atom stereocenters. The van der Waals surface area contributed by atoms with E-state index in [0.29, 0.717) is 0 Å². The van der Waals surface area contributed by atoms with Crippen LogP contribution >= 0.6 is 0 Å². The van der Waals surface area contributed by atoms with Gasteiger partial charge in [0.05, 0.1) is 6.04 Å². The average Bonchev–Trinajstić information content (AvgIpc) is 2.86. The fourth-order valence-electron chi connectivity index (χ4n) is 3.63. The van der Waals surface area contributed by atoms with Crippen molar-refractivity contribution in [3.63, 3.8) is 0 Å². The molecule has 2 aliphatic rings. The molecule has 6 nitrogen and oxygen atoms in total. The highest BCUT2D eigenvalue weighted by molar-refractivity contribution is 5.92. The standard InChI is InChI=1S/C18H20N2O4/c1-18(2)23-16(21)13(17(22)24-18)15-14-11(8-9-20(15)3)10-6-4-5-7-12(10)19-14/h4-7,15,19,21H,8-9H2,1-3H3. The lowest BCUT2D eigenvalue weighted by Crippen LogP contribution is -2.42. The van der Waals surface area contributed by atoms with Crippen LogP contribution in [0.15, 0.2) is 35.8 Å². The van der Waals surface area contributed by atoms with Crippen LogP contribution in [-0.4, -0.2) is 40.3 Å². The molecule has 0 aliphatic carbocycles. The molecule has 4 rings (SSSR count). The van der Waals surface area contributed by atoms with Crippen LogP contribution in [0.4, 0.5) is 0 Å². The molecule has 0 fully saturated rings. The van der Waals surface area contributed by atoms with Crippen molar-refractivity contribution in [2.75, 3.05) is 13.6 Å². The molecule has 0 bridgehead atoms. The van der Waals surface area contributed by atoms with Gasteiger partial charge in [0, 0.05) is 37.0 Å². The van der Waals surface area contributed by atoms with Gasteiger partial charge in [-0.25, -0.2) is 4.79 Å². The smallest absolute Gasteiger partial charge is 0.346 e. The third-order valence-corrected chi connectivity index (χ3v) is 4.68. The number of hydrogen-bond acceptors (Lipinski definition) is 5. The summed E-state index contributed by atoms with van der Waals surface area (Å²) in [5, 5.41) is 11.5. The SMILES string of the molecule is CN1CCc2c([nH]c3ccccc23)C1C1=C(O)OC(C)(C)OC1=O. The van der Waals surface area contributed by atoms with Crippen molar-refractivity contribution in [2.45, 2.75) is 32.1 Å². The highest BCUT2D eigenvalue weighted by atomic mass is 16.8. The van der Waals surface area contributed by atoms with Gasteiger partial charge in [0.15, 0.2) is 0 Å². The second-order valence-electron chi connectivity index (χ2n) is 6.81. The molecule has 126 valence electrons. The summed E-state index contributed by atoms with van der Waals surface area (Å²) in [6, 6.07) is 7.63. The molecule has 0 amide bonds. The zero-order valence-corrected chi connectivity index (χ0v) is 13.9. The van der Waals surface area contributed by atoms with Crippen molar-refractivity contribution in [3.8, 4) is 0 Å². The van der Waals surface area contributed by atoms with E-state index in [0.717, 1.165) is 29.6 Å². The Morgan fingerprint density at radius 1 is 1.29 bits per heavy atom. The summed E-state index contributed by atoms with van der Waals surface area (Å²) in [6.07, 6.45) is 0.877. The molecule has 2 aromatic rings. The van der Waals surface area contributed by atoms with Crippen molar-refractivity contribution in [1.29, 1.82) is 0 Å². The maximum Gasteiger partial charge on any atom is 0.346 e. The molecule has 0 spiro atoms. The molecule has 1 aromatic heterocycles. The summed E-state index contributed by atoms with van der Waals surface area (Å²) < 4.78 is 10.7. The van der Waals surface area contributed by atoms with Gasteiger partial charge in [0.1, 0.15) is 5.57 Å². The monoisotopic (exact) mass is 328 g/mol. The van der Waals surface area contributed by atoms with E-state index in [9.17, 15) is 9.90 Å². The lowest BCUT2D eigenvalue weighted by Gasteiger charge is -2.37. The van der Waals surface area contributed by atoms with E-state index >= 15 is 0 Å². The normalized spacial score (nSPS) is 23.8. The largest absolute Gasteiger partial charge is 0.480 e. The Hall–Kier alpha value is -2.47. The zero-order chi connectivity index (χ0) is 17.1. The third kappa shape index (κ3) is 2.17. The third-order valence-electron chi connectivity index (χ3n) is 4.68. The number of para-hydroxylation sites is 1. The summed E-state index contributed by atoms with van der Waals surface area (Å²) in [5.41, 5.74) is 3.25. The van der Waals surface area contributed by atoms with Gasteiger partial charge < -0.3 is 19.6 Å². The van der Waals surface area contributed by atoms with E-state index in [4.69, 9.17) is 9.47 Å². The highest BCUT2D eigenvalue weighted by Crippen LogP contribution is 2.41. The molecule has 0 saturated carbocycles. The van der Waals surface area contributed by atoms with Crippen LogP contribution in [0.1, 0.15) is 31.1 Å². The Labute approximate surface area is 139 Å². The number of H-pyrrole nitrogens is 1. The molecule has 2 N–H and O–H groups in total. The lowest BCUT2D eigenvalue weighted by atomic mass is 9.92. The first-order valence-electron chi connectivity index (χ1n) is 8.02. The van der Waals surface area contributed by atoms with Crippen LogP contribution in [0.2, 0.25) is 0 Å². The first kappa shape index (κ1) is 15.1. The molecule has 1 unspecified atom stereocenters. The maximum absolute atomic E-state index is 12.5. The van der Waals surface area contributed by atoms with Gasteiger partial charge >= 0.3 is 5.97 Å².